The van der Waals surface area contributed by atoms with Gasteiger partial charge in [0.25, 0.3) is 0 Å². The van der Waals surface area contributed by atoms with E-state index in [1.807, 2.05) is 12.1 Å². The number of carbonyl (C=O) groups excluding carboxylic acids is 1. The molecule has 3 heteroatoms. The number of isocyanates is 1. The van der Waals surface area contributed by atoms with Crippen molar-refractivity contribution in [3.8, 4) is 0 Å². The maximum absolute atomic E-state index is 10.1. The Morgan fingerprint density at radius 3 is 3.20 bits per heavy atom. The average Bonchev–Trinajstić information content (AvgIpc) is 2.25. The Morgan fingerprint density at radius 2 is 2.40 bits per heavy atom. The first kappa shape index (κ1) is 10.4. The van der Waals surface area contributed by atoms with Crippen LogP contribution in [0.5, 0.6) is 0 Å². The number of rotatable bonds is 2. The predicted octanol–water partition coefficient (Wildman–Crippen LogP) is 3.10. The number of aliphatic imine (C=N–C) groups is 1. The normalized spacial score (nSPS) is 19.1. The van der Waals surface area contributed by atoms with Crippen molar-refractivity contribution < 1.29 is 4.79 Å². The van der Waals surface area contributed by atoms with Crippen LogP contribution in [0.2, 0.25) is 5.02 Å². The summed E-state index contributed by atoms with van der Waals surface area (Å²) in [4.78, 5) is 13.8. The van der Waals surface area contributed by atoms with E-state index in [0.717, 1.165) is 24.3 Å². The van der Waals surface area contributed by atoms with Gasteiger partial charge in [-0.05, 0) is 42.5 Å². The molecule has 1 atom stereocenters. The third-order valence-corrected chi connectivity index (χ3v) is 3.15. The van der Waals surface area contributed by atoms with Gasteiger partial charge in [0.15, 0.2) is 0 Å². The van der Waals surface area contributed by atoms with E-state index in [1.165, 1.54) is 11.1 Å². The third-order valence-electron chi connectivity index (χ3n) is 2.92. The van der Waals surface area contributed by atoms with Crippen LogP contribution < -0.4 is 0 Å². The average molecular weight is 222 g/mol. The van der Waals surface area contributed by atoms with Gasteiger partial charge in [-0.3, -0.25) is 0 Å². The highest BCUT2D eigenvalue weighted by atomic mass is 35.5. The minimum absolute atomic E-state index is 0.368. The summed E-state index contributed by atoms with van der Waals surface area (Å²) >= 11 is 5.94. The van der Waals surface area contributed by atoms with Gasteiger partial charge in [0.2, 0.25) is 6.08 Å². The molecule has 1 aliphatic rings. The predicted molar refractivity (Wildman–Crippen MR) is 60.1 cm³/mol. The Hall–Kier alpha value is -1.11. The number of hydrogen-bond donors (Lipinski definition) is 0. The highest BCUT2D eigenvalue weighted by molar-refractivity contribution is 6.30. The zero-order valence-corrected chi connectivity index (χ0v) is 9.13. The van der Waals surface area contributed by atoms with E-state index in [4.69, 9.17) is 11.6 Å². The summed E-state index contributed by atoms with van der Waals surface area (Å²) in [7, 11) is 0. The van der Waals surface area contributed by atoms with Crippen LogP contribution in [0.15, 0.2) is 23.2 Å². The summed E-state index contributed by atoms with van der Waals surface area (Å²) in [5.41, 5.74) is 2.60. The summed E-state index contributed by atoms with van der Waals surface area (Å²) in [6, 6.07) is 5.98. The van der Waals surface area contributed by atoms with Crippen molar-refractivity contribution in [3.05, 3.63) is 34.3 Å². The van der Waals surface area contributed by atoms with Crippen LogP contribution in [0.3, 0.4) is 0 Å². The lowest BCUT2D eigenvalue weighted by atomic mass is 9.83. The van der Waals surface area contributed by atoms with Gasteiger partial charge in [0.05, 0.1) is 6.54 Å². The Labute approximate surface area is 94.0 Å². The van der Waals surface area contributed by atoms with Gasteiger partial charge in [-0.15, -0.1) is 0 Å². The fourth-order valence-corrected chi connectivity index (χ4v) is 2.42. The Morgan fingerprint density at radius 1 is 1.53 bits per heavy atom. The molecule has 0 saturated carbocycles. The molecule has 1 aromatic rings. The Kier molecular flexibility index (Phi) is 3.20. The highest BCUT2D eigenvalue weighted by Crippen LogP contribution is 2.33. The van der Waals surface area contributed by atoms with E-state index < -0.39 is 0 Å². The second kappa shape index (κ2) is 4.61. The fraction of sp³-hybridized carbons (Fsp3) is 0.417. The molecular weight excluding hydrogens is 210 g/mol. The van der Waals surface area contributed by atoms with Crippen molar-refractivity contribution in [1.82, 2.24) is 0 Å². The lowest BCUT2D eigenvalue weighted by molar-refractivity contribution is 0.544. The van der Waals surface area contributed by atoms with Crippen molar-refractivity contribution in [2.45, 2.75) is 25.2 Å². The summed E-state index contributed by atoms with van der Waals surface area (Å²) in [5.74, 6) is 0.368. The molecule has 15 heavy (non-hydrogen) atoms. The smallest absolute Gasteiger partial charge is 0.211 e. The van der Waals surface area contributed by atoms with Gasteiger partial charge in [-0.1, -0.05) is 17.7 Å². The van der Waals surface area contributed by atoms with Crippen LogP contribution in [0.25, 0.3) is 0 Å². The van der Waals surface area contributed by atoms with Crippen LogP contribution in [0.4, 0.5) is 0 Å². The summed E-state index contributed by atoms with van der Waals surface area (Å²) in [6.07, 6.45) is 4.93. The number of nitrogens with zero attached hydrogens (tertiary/aromatic N) is 1. The van der Waals surface area contributed by atoms with Gasteiger partial charge in [0, 0.05) is 10.9 Å². The van der Waals surface area contributed by atoms with Crippen molar-refractivity contribution in [1.29, 1.82) is 0 Å². The van der Waals surface area contributed by atoms with E-state index in [1.54, 1.807) is 6.08 Å². The summed E-state index contributed by atoms with van der Waals surface area (Å²) < 4.78 is 0. The molecule has 0 saturated heterocycles. The first-order valence-electron chi connectivity index (χ1n) is 5.13. The topological polar surface area (TPSA) is 29.4 Å². The second-order valence-corrected chi connectivity index (χ2v) is 4.30. The van der Waals surface area contributed by atoms with E-state index in [-0.39, 0.29) is 0 Å². The summed E-state index contributed by atoms with van der Waals surface area (Å²) in [6.45, 7) is 0.554. The largest absolute Gasteiger partial charge is 0.234 e. The van der Waals surface area contributed by atoms with Gasteiger partial charge < -0.3 is 0 Å². The molecule has 0 bridgehead atoms. The minimum atomic E-state index is 0.368. The lowest BCUT2D eigenvalue weighted by Crippen LogP contribution is -2.12. The molecular formula is C12H12ClNO. The molecule has 0 fully saturated rings. The number of benzene rings is 1. The molecule has 1 unspecified atom stereocenters. The van der Waals surface area contributed by atoms with Gasteiger partial charge in [0.1, 0.15) is 0 Å². The molecule has 2 rings (SSSR count). The van der Waals surface area contributed by atoms with Crippen LogP contribution in [0.1, 0.15) is 29.9 Å². The van der Waals surface area contributed by atoms with Gasteiger partial charge in [-0.2, -0.15) is 0 Å². The van der Waals surface area contributed by atoms with Crippen LogP contribution in [-0.2, 0) is 11.2 Å². The van der Waals surface area contributed by atoms with E-state index >= 15 is 0 Å². The van der Waals surface area contributed by atoms with Crippen molar-refractivity contribution in [2.75, 3.05) is 6.54 Å². The quantitative estimate of drug-likeness (QED) is 0.558. The zero-order valence-electron chi connectivity index (χ0n) is 8.37. The minimum Gasteiger partial charge on any atom is -0.211 e. The van der Waals surface area contributed by atoms with Crippen molar-refractivity contribution in [2.24, 2.45) is 4.99 Å². The first-order chi connectivity index (χ1) is 7.31. The molecule has 1 aliphatic carbocycles. The molecule has 2 nitrogen and oxygen atoms in total. The molecule has 0 aromatic heterocycles. The second-order valence-electron chi connectivity index (χ2n) is 3.86. The summed E-state index contributed by atoms with van der Waals surface area (Å²) in [5, 5.41) is 0.785. The number of aryl methyl sites for hydroxylation is 1. The van der Waals surface area contributed by atoms with Crippen LogP contribution in [-0.4, -0.2) is 12.6 Å². The molecule has 0 radical (unpaired) electrons. The first-order valence-corrected chi connectivity index (χ1v) is 5.51. The molecule has 0 N–H and O–H groups in total. The van der Waals surface area contributed by atoms with Crippen molar-refractivity contribution in [3.63, 3.8) is 0 Å². The molecule has 0 amide bonds. The fourth-order valence-electron chi connectivity index (χ4n) is 2.22. The molecule has 0 spiro atoms. The standard InChI is InChI=1S/C12H12ClNO/c13-11-4-5-12-9(6-11)2-1-3-10(12)7-14-8-15/h4-6,10H,1-3,7H2. The maximum atomic E-state index is 10.1. The van der Waals surface area contributed by atoms with Crippen molar-refractivity contribution >= 4 is 17.7 Å². The highest BCUT2D eigenvalue weighted by Gasteiger charge is 2.19. The van der Waals surface area contributed by atoms with E-state index in [0.29, 0.717) is 12.5 Å². The van der Waals surface area contributed by atoms with Gasteiger partial charge in [-0.25, -0.2) is 9.79 Å². The molecule has 1 aromatic carbocycles. The molecule has 78 valence electrons. The number of fused-ring (bicyclic) bond motifs is 1. The zero-order chi connectivity index (χ0) is 10.7. The number of hydrogen-bond acceptors (Lipinski definition) is 2. The monoisotopic (exact) mass is 221 g/mol. The lowest BCUT2D eigenvalue weighted by Gasteiger charge is -2.23. The Balaban J connectivity index is 2.29. The van der Waals surface area contributed by atoms with E-state index in [2.05, 4.69) is 11.1 Å². The Bertz CT molecular complexity index is 410. The number of halogens is 1. The maximum Gasteiger partial charge on any atom is 0.234 e. The third kappa shape index (κ3) is 2.28. The molecule has 0 heterocycles. The van der Waals surface area contributed by atoms with Gasteiger partial charge >= 0.3 is 0 Å². The molecule has 0 aliphatic heterocycles. The van der Waals surface area contributed by atoms with Crippen LogP contribution in [0, 0.1) is 0 Å². The van der Waals surface area contributed by atoms with E-state index in [9.17, 15) is 4.79 Å². The van der Waals surface area contributed by atoms with Crippen LogP contribution >= 0.6 is 11.6 Å². The SMILES string of the molecule is O=C=NCC1CCCc2cc(Cl)ccc21.